The minimum Gasteiger partial charge on any atom is -0.294 e. The third-order valence-corrected chi connectivity index (χ3v) is 4.19. The summed E-state index contributed by atoms with van der Waals surface area (Å²) in [5.74, 6) is 0.690. The zero-order valence-electron chi connectivity index (χ0n) is 14.2. The highest BCUT2D eigenvalue weighted by molar-refractivity contribution is 5.93. The van der Waals surface area contributed by atoms with Gasteiger partial charge in [0.25, 0.3) is 0 Å². The van der Waals surface area contributed by atoms with E-state index in [0.29, 0.717) is 5.82 Å². The van der Waals surface area contributed by atoms with E-state index in [2.05, 4.69) is 68.9 Å². The van der Waals surface area contributed by atoms with Crippen molar-refractivity contribution in [2.24, 2.45) is 4.99 Å². The molecule has 0 saturated heterocycles. The minimum absolute atomic E-state index is 0.690. The van der Waals surface area contributed by atoms with E-state index >= 15 is 0 Å². The molecule has 0 amide bonds. The molecule has 0 aliphatic heterocycles. The first-order valence-corrected chi connectivity index (χ1v) is 8.25. The number of para-hydroxylation sites is 1. The molecule has 122 valence electrons. The Morgan fingerprint density at radius 2 is 1.72 bits per heavy atom. The summed E-state index contributed by atoms with van der Waals surface area (Å²) in [6.45, 7) is 3.99. The number of aliphatic imine (C=N–C) groups is 1. The molecular formula is C21H18N4. The van der Waals surface area contributed by atoms with Crippen molar-refractivity contribution in [1.82, 2.24) is 14.5 Å². The third kappa shape index (κ3) is 2.72. The van der Waals surface area contributed by atoms with Crippen LogP contribution in [-0.4, -0.2) is 20.7 Å². The van der Waals surface area contributed by atoms with E-state index in [-0.39, 0.29) is 0 Å². The van der Waals surface area contributed by atoms with Crippen molar-refractivity contribution in [3.8, 4) is 16.9 Å². The van der Waals surface area contributed by atoms with E-state index in [1.54, 1.807) is 12.5 Å². The molecule has 0 saturated carbocycles. The average molecular weight is 326 g/mol. The van der Waals surface area contributed by atoms with E-state index in [0.717, 1.165) is 28.0 Å². The molecule has 0 unspecified atom stereocenters. The quantitative estimate of drug-likeness (QED) is 0.490. The van der Waals surface area contributed by atoms with Crippen LogP contribution in [0.3, 0.4) is 0 Å². The fourth-order valence-electron chi connectivity index (χ4n) is 3.00. The predicted octanol–water partition coefficient (Wildman–Crippen LogP) is 5.12. The summed E-state index contributed by atoms with van der Waals surface area (Å²) in [5, 5.41) is 0.944. The maximum atomic E-state index is 4.54. The first-order chi connectivity index (χ1) is 12.3. The molecule has 2 heterocycles. The number of hydrogen-bond donors (Lipinski definition) is 0. The number of hydrogen-bond acceptors (Lipinski definition) is 3. The highest BCUT2D eigenvalue weighted by atomic mass is 15.1. The topological polar surface area (TPSA) is 43.1 Å². The smallest absolute Gasteiger partial charge is 0.164 e. The highest BCUT2D eigenvalue weighted by Gasteiger charge is 2.16. The Morgan fingerprint density at radius 1 is 0.960 bits per heavy atom. The molecular weight excluding hydrogens is 308 g/mol. The van der Waals surface area contributed by atoms with E-state index in [4.69, 9.17) is 0 Å². The summed E-state index contributed by atoms with van der Waals surface area (Å²) < 4.78 is 2.16. The van der Waals surface area contributed by atoms with Crippen molar-refractivity contribution in [2.75, 3.05) is 0 Å². The van der Waals surface area contributed by atoms with Crippen molar-refractivity contribution in [3.63, 3.8) is 0 Å². The van der Waals surface area contributed by atoms with Crippen LogP contribution in [-0.2, 0) is 0 Å². The lowest BCUT2D eigenvalue weighted by Gasteiger charge is -2.10. The molecule has 0 aliphatic carbocycles. The van der Waals surface area contributed by atoms with E-state index in [1.807, 2.05) is 25.1 Å². The number of benzene rings is 2. The van der Waals surface area contributed by atoms with Gasteiger partial charge in [0.05, 0.1) is 11.1 Å². The lowest BCUT2D eigenvalue weighted by atomic mass is 10.1. The molecule has 2 aromatic carbocycles. The van der Waals surface area contributed by atoms with Gasteiger partial charge < -0.3 is 0 Å². The summed E-state index contributed by atoms with van der Waals surface area (Å²) in [4.78, 5) is 13.3. The number of rotatable bonds is 3. The van der Waals surface area contributed by atoms with Crippen molar-refractivity contribution in [2.45, 2.75) is 13.8 Å². The molecule has 4 heteroatoms. The van der Waals surface area contributed by atoms with Gasteiger partial charge in [0.15, 0.2) is 11.5 Å². The molecule has 0 atom stereocenters. The lowest BCUT2D eigenvalue weighted by molar-refractivity contribution is 1.08. The summed E-state index contributed by atoms with van der Waals surface area (Å²) in [7, 11) is 0. The van der Waals surface area contributed by atoms with Gasteiger partial charge in [-0.25, -0.2) is 15.0 Å². The average Bonchev–Trinajstić information content (AvgIpc) is 3.04. The zero-order chi connectivity index (χ0) is 17.2. The molecule has 0 bridgehead atoms. The van der Waals surface area contributed by atoms with Crippen LogP contribution < -0.4 is 0 Å². The van der Waals surface area contributed by atoms with Gasteiger partial charge in [-0.05, 0) is 37.6 Å². The molecule has 2 aromatic heterocycles. The van der Waals surface area contributed by atoms with Gasteiger partial charge in [-0.15, -0.1) is 0 Å². The molecule has 4 nitrogen and oxygen atoms in total. The van der Waals surface area contributed by atoms with Crippen LogP contribution in [0, 0.1) is 6.92 Å². The SMILES string of the molecule is C/C=N/c1ncnc2c1cc(-c1ccc(C)cc1)n2-c1ccccc1. The van der Waals surface area contributed by atoms with Crippen molar-refractivity contribution >= 4 is 23.1 Å². The van der Waals surface area contributed by atoms with Crippen molar-refractivity contribution < 1.29 is 0 Å². The minimum atomic E-state index is 0.690. The number of aryl methyl sites for hydroxylation is 1. The van der Waals surface area contributed by atoms with Crippen molar-refractivity contribution in [1.29, 1.82) is 0 Å². The van der Waals surface area contributed by atoms with Crippen LogP contribution in [0.2, 0.25) is 0 Å². The second-order valence-corrected chi connectivity index (χ2v) is 5.89. The summed E-state index contributed by atoms with van der Waals surface area (Å²) in [5.41, 5.74) is 5.38. The van der Waals surface area contributed by atoms with Crippen LogP contribution in [0.25, 0.3) is 28.0 Å². The standard InChI is InChI=1S/C21H18N4/c1-3-22-20-18-13-19(16-11-9-15(2)10-12-16)25(21(18)24-14-23-20)17-7-5-4-6-8-17/h3-14H,1-2H3/b22-3+. The predicted molar refractivity (Wildman–Crippen MR) is 103 cm³/mol. The number of aromatic nitrogens is 3. The maximum absolute atomic E-state index is 4.54. The highest BCUT2D eigenvalue weighted by Crippen LogP contribution is 2.34. The molecule has 4 rings (SSSR count). The third-order valence-electron chi connectivity index (χ3n) is 4.19. The largest absolute Gasteiger partial charge is 0.294 e. The first kappa shape index (κ1) is 15.3. The Hall–Kier alpha value is -3.27. The van der Waals surface area contributed by atoms with E-state index in [1.165, 1.54) is 5.56 Å². The van der Waals surface area contributed by atoms with Crippen molar-refractivity contribution in [3.05, 3.63) is 72.6 Å². The summed E-state index contributed by atoms with van der Waals surface area (Å²) in [6.07, 6.45) is 3.33. The van der Waals surface area contributed by atoms with Gasteiger partial charge in [0, 0.05) is 11.9 Å². The molecule has 0 spiro atoms. The molecule has 25 heavy (non-hydrogen) atoms. The lowest BCUT2D eigenvalue weighted by Crippen LogP contribution is -1.98. The van der Waals surface area contributed by atoms with E-state index < -0.39 is 0 Å². The Balaban J connectivity index is 2.07. The second-order valence-electron chi connectivity index (χ2n) is 5.89. The molecule has 4 aromatic rings. The van der Waals surface area contributed by atoms with Crippen LogP contribution in [0.4, 0.5) is 5.82 Å². The molecule has 0 fully saturated rings. The van der Waals surface area contributed by atoms with Crippen LogP contribution in [0.1, 0.15) is 12.5 Å². The summed E-state index contributed by atoms with van der Waals surface area (Å²) >= 11 is 0. The molecule has 0 N–H and O–H groups in total. The van der Waals surface area contributed by atoms with Crippen LogP contribution in [0.15, 0.2) is 72.0 Å². The normalized spacial score (nSPS) is 11.4. The van der Waals surface area contributed by atoms with Crippen LogP contribution >= 0.6 is 0 Å². The fraction of sp³-hybridized carbons (Fsp3) is 0.0952. The first-order valence-electron chi connectivity index (χ1n) is 8.25. The van der Waals surface area contributed by atoms with E-state index in [9.17, 15) is 0 Å². The van der Waals surface area contributed by atoms with Gasteiger partial charge in [0.2, 0.25) is 0 Å². The Bertz CT molecular complexity index is 1040. The summed E-state index contributed by atoms with van der Waals surface area (Å²) in [6, 6.07) is 20.9. The Labute approximate surface area is 146 Å². The number of nitrogens with zero attached hydrogens (tertiary/aromatic N) is 4. The van der Waals surface area contributed by atoms with Gasteiger partial charge >= 0.3 is 0 Å². The zero-order valence-corrected chi connectivity index (χ0v) is 14.2. The van der Waals surface area contributed by atoms with Gasteiger partial charge in [-0.1, -0.05) is 48.0 Å². The van der Waals surface area contributed by atoms with Gasteiger partial charge in [0.1, 0.15) is 6.33 Å². The molecule has 0 radical (unpaired) electrons. The molecule has 0 aliphatic rings. The van der Waals surface area contributed by atoms with Crippen LogP contribution in [0.5, 0.6) is 0 Å². The fourth-order valence-corrected chi connectivity index (χ4v) is 3.00. The van der Waals surface area contributed by atoms with Gasteiger partial charge in [-0.2, -0.15) is 0 Å². The Morgan fingerprint density at radius 3 is 2.44 bits per heavy atom. The monoisotopic (exact) mass is 326 g/mol. The maximum Gasteiger partial charge on any atom is 0.164 e. The van der Waals surface area contributed by atoms with Gasteiger partial charge in [-0.3, -0.25) is 4.57 Å². The second kappa shape index (κ2) is 6.32. The Kier molecular flexibility index (Phi) is 3.86. The number of fused-ring (bicyclic) bond motifs is 1.